The van der Waals surface area contributed by atoms with Crippen LogP contribution in [0.25, 0.3) is 0 Å². The van der Waals surface area contributed by atoms with Crippen molar-refractivity contribution >= 4 is 17.7 Å². The molecule has 0 bridgehead atoms. The Hall–Kier alpha value is -3.66. The monoisotopic (exact) mass is 444 g/mol. The van der Waals surface area contributed by atoms with Gasteiger partial charge in [0.2, 0.25) is 11.7 Å². The van der Waals surface area contributed by atoms with Gasteiger partial charge in [-0.25, -0.2) is 9.69 Å². The minimum absolute atomic E-state index is 0.000716. The number of hydrogen-bond acceptors (Lipinski definition) is 8. The average molecular weight is 444 g/mol. The van der Waals surface area contributed by atoms with Crippen LogP contribution in [0.2, 0.25) is 0 Å². The highest BCUT2D eigenvalue weighted by Gasteiger charge is 2.46. The predicted octanol–water partition coefficient (Wildman–Crippen LogP) is 3.39. The molecule has 0 aromatic heterocycles. The molecule has 32 heavy (non-hydrogen) atoms. The molecule has 4 atom stereocenters. The minimum Gasteiger partial charge on any atom is -0.496 e. The van der Waals surface area contributed by atoms with Crippen LogP contribution in [0.3, 0.4) is 0 Å². The predicted molar refractivity (Wildman–Crippen MR) is 112 cm³/mol. The van der Waals surface area contributed by atoms with E-state index < -0.39 is 46.8 Å². The molecule has 10 heteroatoms. The molecule has 0 spiro atoms. The van der Waals surface area contributed by atoms with Crippen molar-refractivity contribution in [3.05, 3.63) is 63.7 Å². The van der Waals surface area contributed by atoms with Crippen LogP contribution in [0.1, 0.15) is 37.2 Å². The summed E-state index contributed by atoms with van der Waals surface area (Å²) in [6.45, 7) is 3.10. The zero-order valence-electron chi connectivity index (χ0n) is 18.1. The van der Waals surface area contributed by atoms with E-state index in [2.05, 4.69) is 0 Å². The second kappa shape index (κ2) is 9.23. The highest BCUT2D eigenvalue weighted by molar-refractivity contribution is 5.95. The van der Waals surface area contributed by atoms with Crippen molar-refractivity contribution < 1.29 is 33.8 Å². The number of carbonyl (C=O) groups excluding carboxylic acids is 2. The summed E-state index contributed by atoms with van der Waals surface area (Å²) in [7, 11) is 2.55. The van der Waals surface area contributed by atoms with Crippen LogP contribution in [-0.4, -0.2) is 47.2 Å². The van der Waals surface area contributed by atoms with Crippen LogP contribution in [-0.2, 0) is 9.53 Å². The molecule has 1 heterocycles. The Labute approximate surface area is 184 Å². The molecule has 2 aromatic carbocycles. The number of aliphatic hydroxyl groups excluding tert-OH is 1. The van der Waals surface area contributed by atoms with Crippen molar-refractivity contribution in [2.24, 2.45) is 5.92 Å². The van der Waals surface area contributed by atoms with E-state index in [-0.39, 0.29) is 17.1 Å². The Bertz CT molecular complexity index is 1030. The van der Waals surface area contributed by atoms with E-state index in [0.717, 1.165) is 16.5 Å². The standard InChI is InChI=1S/C22H24N2O8/c1-12(18(25)16-10-15(30-3)11-17(24(28)29)20(16)31-4)21(26)23-13(2)19(32-22(23)27)14-8-6-5-7-9-14/h5-13,18-19,25H,1-4H3/t12-,13-,18-,19-/m1/s1. The van der Waals surface area contributed by atoms with Crippen LogP contribution >= 0.6 is 0 Å². The van der Waals surface area contributed by atoms with E-state index in [9.17, 15) is 24.8 Å². The quantitative estimate of drug-likeness (QED) is 0.508. The number of ether oxygens (including phenoxy) is 3. The molecule has 0 unspecified atom stereocenters. The number of imide groups is 1. The van der Waals surface area contributed by atoms with Crippen LogP contribution < -0.4 is 9.47 Å². The lowest BCUT2D eigenvalue weighted by atomic mass is 9.93. The van der Waals surface area contributed by atoms with Crippen LogP contribution in [0.5, 0.6) is 11.5 Å². The number of benzene rings is 2. The summed E-state index contributed by atoms with van der Waals surface area (Å²) >= 11 is 0. The Balaban J connectivity index is 1.91. The first-order valence-corrected chi connectivity index (χ1v) is 9.88. The fourth-order valence-electron chi connectivity index (χ4n) is 3.77. The molecule has 170 valence electrons. The fourth-order valence-corrected chi connectivity index (χ4v) is 3.77. The number of aliphatic hydroxyl groups is 1. The lowest BCUT2D eigenvalue weighted by molar-refractivity contribution is -0.385. The fraction of sp³-hybridized carbons (Fsp3) is 0.364. The van der Waals surface area contributed by atoms with Crippen molar-refractivity contribution in [3.63, 3.8) is 0 Å². The van der Waals surface area contributed by atoms with E-state index in [4.69, 9.17) is 14.2 Å². The molecule has 3 rings (SSSR count). The minimum atomic E-state index is -1.51. The second-order valence-electron chi connectivity index (χ2n) is 7.42. The molecule has 2 aromatic rings. The second-order valence-corrected chi connectivity index (χ2v) is 7.42. The third-order valence-corrected chi connectivity index (χ3v) is 5.53. The third kappa shape index (κ3) is 4.09. The maximum absolute atomic E-state index is 13.2. The van der Waals surface area contributed by atoms with Crippen molar-refractivity contribution in [2.45, 2.75) is 32.1 Å². The summed E-state index contributed by atoms with van der Waals surface area (Å²) in [6.07, 6.45) is -2.98. The number of amides is 2. The average Bonchev–Trinajstić information content (AvgIpc) is 3.10. The Kier molecular flexibility index (Phi) is 6.64. The molecule has 1 aliphatic rings. The highest BCUT2D eigenvalue weighted by atomic mass is 16.6. The number of rotatable bonds is 7. The summed E-state index contributed by atoms with van der Waals surface area (Å²) in [4.78, 5) is 37.4. The SMILES string of the molecule is COc1cc([C@H](O)[C@@H](C)C(=O)N2C(=O)O[C@@H](c3ccccc3)[C@H]2C)c(OC)c([N+](=O)[O-])c1. The van der Waals surface area contributed by atoms with Crippen LogP contribution in [0, 0.1) is 16.0 Å². The van der Waals surface area contributed by atoms with Gasteiger partial charge in [0.05, 0.1) is 43.3 Å². The zero-order valence-corrected chi connectivity index (χ0v) is 18.1. The summed E-state index contributed by atoms with van der Waals surface area (Å²) in [5.41, 5.74) is 0.319. The highest BCUT2D eigenvalue weighted by Crippen LogP contribution is 2.42. The van der Waals surface area contributed by atoms with Gasteiger partial charge in [0.1, 0.15) is 11.9 Å². The zero-order chi connectivity index (χ0) is 23.6. The van der Waals surface area contributed by atoms with E-state index in [0.29, 0.717) is 0 Å². The van der Waals surface area contributed by atoms with Gasteiger partial charge in [0, 0.05) is 5.56 Å². The van der Waals surface area contributed by atoms with Gasteiger partial charge in [-0.15, -0.1) is 0 Å². The summed E-state index contributed by atoms with van der Waals surface area (Å²) in [5.74, 6) is -1.90. The number of nitro groups is 1. The molecular formula is C22H24N2O8. The molecule has 10 nitrogen and oxygen atoms in total. The number of cyclic esters (lactones) is 1. The van der Waals surface area contributed by atoms with E-state index in [1.54, 1.807) is 31.2 Å². The largest absolute Gasteiger partial charge is 0.496 e. The first-order valence-electron chi connectivity index (χ1n) is 9.88. The Morgan fingerprint density at radius 1 is 1.22 bits per heavy atom. The lowest BCUT2D eigenvalue weighted by Gasteiger charge is -2.26. The van der Waals surface area contributed by atoms with E-state index in [1.807, 2.05) is 6.07 Å². The molecule has 1 N–H and O–H groups in total. The van der Waals surface area contributed by atoms with Gasteiger partial charge >= 0.3 is 11.8 Å². The molecule has 1 fully saturated rings. The number of nitrogens with zero attached hydrogens (tertiary/aromatic N) is 2. The Morgan fingerprint density at radius 2 is 1.88 bits per heavy atom. The van der Waals surface area contributed by atoms with Gasteiger partial charge in [-0.1, -0.05) is 37.3 Å². The van der Waals surface area contributed by atoms with E-state index >= 15 is 0 Å². The van der Waals surface area contributed by atoms with Gasteiger partial charge < -0.3 is 19.3 Å². The third-order valence-electron chi connectivity index (χ3n) is 5.53. The number of nitro benzene ring substituents is 1. The normalized spacial score (nSPS) is 19.8. The van der Waals surface area contributed by atoms with Gasteiger partial charge in [-0.05, 0) is 18.6 Å². The number of carbonyl (C=O) groups is 2. The lowest BCUT2D eigenvalue weighted by Crippen LogP contribution is -2.42. The van der Waals surface area contributed by atoms with Gasteiger partial charge in [0.15, 0.2) is 0 Å². The maximum atomic E-state index is 13.2. The Morgan fingerprint density at radius 3 is 2.44 bits per heavy atom. The first-order chi connectivity index (χ1) is 15.2. The van der Waals surface area contributed by atoms with Crippen molar-refractivity contribution in [1.29, 1.82) is 0 Å². The summed E-state index contributed by atoms with van der Waals surface area (Å²) in [5, 5.41) is 22.4. The smallest absolute Gasteiger partial charge is 0.417 e. The topological polar surface area (TPSA) is 128 Å². The number of hydrogen-bond donors (Lipinski definition) is 1. The van der Waals surface area contributed by atoms with Crippen molar-refractivity contribution in [2.75, 3.05) is 14.2 Å². The van der Waals surface area contributed by atoms with Crippen LogP contribution in [0.15, 0.2) is 42.5 Å². The van der Waals surface area contributed by atoms with Crippen LogP contribution in [0.4, 0.5) is 10.5 Å². The van der Waals surface area contributed by atoms with Gasteiger partial charge in [0.25, 0.3) is 0 Å². The number of methoxy groups -OCH3 is 2. The molecule has 1 saturated heterocycles. The molecule has 2 amide bonds. The molecule has 0 radical (unpaired) electrons. The first kappa shape index (κ1) is 23.0. The van der Waals surface area contributed by atoms with E-state index in [1.165, 1.54) is 27.2 Å². The summed E-state index contributed by atoms with van der Waals surface area (Å²) in [6, 6.07) is 10.9. The molecule has 0 saturated carbocycles. The molecule has 1 aliphatic heterocycles. The van der Waals surface area contributed by atoms with Crippen molar-refractivity contribution in [3.8, 4) is 11.5 Å². The molecular weight excluding hydrogens is 420 g/mol. The van der Waals surface area contributed by atoms with Gasteiger partial charge in [-0.3, -0.25) is 14.9 Å². The van der Waals surface area contributed by atoms with Crippen molar-refractivity contribution in [1.82, 2.24) is 4.90 Å². The maximum Gasteiger partial charge on any atom is 0.417 e. The van der Waals surface area contributed by atoms with Gasteiger partial charge in [-0.2, -0.15) is 0 Å². The molecule has 0 aliphatic carbocycles. The summed E-state index contributed by atoms with van der Waals surface area (Å²) < 4.78 is 15.7.